The van der Waals surface area contributed by atoms with Crippen molar-refractivity contribution in [3.63, 3.8) is 0 Å². The molecule has 19 heavy (non-hydrogen) atoms. The fraction of sp³-hybridized carbons (Fsp3) is 0.625. The van der Waals surface area contributed by atoms with E-state index in [1.165, 1.54) is 43.9 Å². The molecule has 0 radical (unpaired) electrons. The molecule has 1 saturated carbocycles. The van der Waals surface area contributed by atoms with Gasteiger partial charge >= 0.3 is 0 Å². The highest BCUT2D eigenvalue weighted by molar-refractivity contribution is 5.23. The van der Waals surface area contributed by atoms with Crippen LogP contribution < -0.4 is 5.32 Å². The summed E-state index contributed by atoms with van der Waals surface area (Å²) < 4.78 is 27.4. The zero-order valence-electron chi connectivity index (χ0n) is 11.6. The van der Waals surface area contributed by atoms with Gasteiger partial charge in [0.05, 0.1) is 0 Å². The second-order valence-electron chi connectivity index (χ2n) is 5.45. The highest BCUT2D eigenvalue weighted by Gasteiger charge is 2.26. The molecule has 1 fully saturated rings. The van der Waals surface area contributed by atoms with Crippen LogP contribution in [-0.2, 0) is 0 Å². The van der Waals surface area contributed by atoms with E-state index in [0.29, 0.717) is 11.5 Å². The van der Waals surface area contributed by atoms with Crippen LogP contribution in [0.25, 0.3) is 0 Å². The first-order valence-corrected chi connectivity index (χ1v) is 7.40. The average molecular weight is 267 g/mol. The zero-order valence-corrected chi connectivity index (χ0v) is 11.6. The van der Waals surface area contributed by atoms with E-state index < -0.39 is 0 Å². The molecule has 3 heteroatoms. The van der Waals surface area contributed by atoms with E-state index in [0.717, 1.165) is 19.4 Å². The lowest BCUT2D eigenvalue weighted by Gasteiger charge is -2.27. The van der Waals surface area contributed by atoms with Crippen LogP contribution in [0.2, 0.25) is 0 Å². The van der Waals surface area contributed by atoms with Crippen LogP contribution >= 0.6 is 0 Å². The third-order valence-corrected chi connectivity index (χ3v) is 4.09. The van der Waals surface area contributed by atoms with Crippen molar-refractivity contribution in [3.05, 3.63) is 35.4 Å². The minimum atomic E-state index is -0.354. The van der Waals surface area contributed by atoms with Gasteiger partial charge in [0.15, 0.2) is 0 Å². The normalized spacial score (nSPS) is 19.1. The first-order chi connectivity index (χ1) is 9.22. The van der Waals surface area contributed by atoms with Gasteiger partial charge in [-0.2, -0.15) is 0 Å². The monoisotopic (exact) mass is 267 g/mol. The molecule has 0 bridgehead atoms. The number of hydrogen-bond acceptors (Lipinski definition) is 1. The van der Waals surface area contributed by atoms with Gasteiger partial charge in [0.1, 0.15) is 11.6 Å². The van der Waals surface area contributed by atoms with E-state index in [1.807, 2.05) is 6.92 Å². The highest BCUT2D eigenvalue weighted by Crippen LogP contribution is 2.34. The van der Waals surface area contributed by atoms with E-state index in [-0.39, 0.29) is 17.7 Å². The van der Waals surface area contributed by atoms with Gasteiger partial charge in [0.25, 0.3) is 0 Å². The lowest BCUT2D eigenvalue weighted by Crippen LogP contribution is -2.29. The predicted molar refractivity (Wildman–Crippen MR) is 74.0 cm³/mol. The summed E-state index contributed by atoms with van der Waals surface area (Å²) in [5.74, 6) is -0.233. The predicted octanol–water partition coefficient (Wildman–Crippen LogP) is 4.59. The third-order valence-electron chi connectivity index (χ3n) is 4.09. The van der Waals surface area contributed by atoms with E-state index in [4.69, 9.17) is 0 Å². The molecule has 0 saturated heterocycles. The van der Waals surface area contributed by atoms with Crippen LogP contribution in [0.15, 0.2) is 18.2 Å². The molecule has 1 aromatic carbocycles. The Balaban J connectivity index is 2.24. The minimum Gasteiger partial charge on any atom is -0.310 e. The number of halogens is 2. The maximum absolute atomic E-state index is 14.0. The van der Waals surface area contributed by atoms with Crippen LogP contribution in [0.1, 0.15) is 57.1 Å². The fourth-order valence-corrected chi connectivity index (χ4v) is 3.15. The number of nitrogens with one attached hydrogen (secondary N) is 1. The molecule has 2 rings (SSSR count). The van der Waals surface area contributed by atoms with Crippen molar-refractivity contribution in [1.29, 1.82) is 0 Å². The summed E-state index contributed by atoms with van der Waals surface area (Å²) in [6.45, 7) is 2.79. The van der Waals surface area contributed by atoms with Gasteiger partial charge in [0, 0.05) is 11.6 Å². The number of benzene rings is 1. The van der Waals surface area contributed by atoms with Crippen molar-refractivity contribution >= 4 is 0 Å². The topological polar surface area (TPSA) is 12.0 Å². The Kier molecular flexibility index (Phi) is 5.32. The Morgan fingerprint density at radius 2 is 1.84 bits per heavy atom. The van der Waals surface area contributed by atoms with E-state index >= 15 is 0 Å². The smallest absolute Gasteiger partial charge is 0.128 e. The third kappa shape index (κ3) is 3.75. The second-order valence-corrected chi connectivity index (χ2v) is 5.45. The first kappa shape index (κ1) is 14.4. The molecular formula is C16H23F2N. The van der Waals surface area contributed by atoms with Crippen LogP contribution in [0.3, 0.4) is 0 Å². The van der Waals surface area contributed by atoms with Crippen molar-refractivity contribution < 1.29 is 8.78 Å². The van der Waals surface area contributed by atoms with Crippen LogP contribution in [-0.4, -0.2) is 6.54 Å². The molecule has 0 aliphatic heterocycles. The standard InChI is InChI=1S/C16H23F2N/c1-2-19-16(12-7-5-3-4-6-8-12)14-11-13(17)9-10-15(14)18/h9-12,16,19H,2-8H2,1H3. The Labute approximate surface area is 114 Å². The molecule has 1 aliphatic rings. The maximum atomic E-state index is 14.0. The summed E-state index contributed by atoms with van der Waals surface area (Å²) in [5, 5.41) is 3.36. The van der Waals surface area contributed by atoms with Crippen molar-refractivity contribution in [1.82, 2.24) is 5.32 Å². The van der Waals surface area contributed by atoms with E-state index in [1.54, 1.807) is 0 Å². The summed E-state index contributed by atoms with van der Waals surface area (Å²) in [6, 6.07) is 3.73. The van der Waals surface area contributed by atoms with Crippen LogP contribution in [0, 0.1) is 17.6 Å². The van der Waals surface area contributed by atoms with Crippen molar-refractivity contribution in [2.75, 3.05) is 6.54 Å². The summed E-state index contributed by atoms with van der Waals surface area (Å²) in [5.41, 5.74) is 0.494. The molecule has 1 aromatic rings. The van der Waals surface area contributed by atoms with Gasteiger partial charge in [-0.3, -0.25) is 0 Å². The number of hydrogen-bond donors (Lipinski definition) is 1. The Bertz CT molecular complexity index is 398. The van der Waals surface area contributed by atoms with Crippen molar-refractivity contribution in [2.45, 2.75) is 51.5 Å². The molecule has 0 aromatic heterocycles. The Morgan fingerprint density at radius 3 is 2.47 bits per heavy atom. The van der Waals surface area contributed by atoms with Crippen molar-refractivity contribution in [2.24, 2.45) is 5.92 Å². The van der Waals surface area contributed by atoms with Gasteiger partial charge in [0.2, 0.25) is 0 Å². The molecule has 106 valence electrons. The van der Waals surface area contributed by atoms with Gasteiger partial charge in [-0.1, -0.05) is 32.6 Å². The lowest BCUT2D eigenvalue weighted by molar-refractivity contribution is 0.321. The molecule has 0 heterocycles. The number of rotatable bonds is 4. The molecule has 0 amide bonds. The summed E-state index contributed by atoms with van der Waals surface area (Å²) in [7, 11) is 0. The second kappa shape index (κ2) is 6.99. The molecule has 1 nitrogen and oxygen atoms in total. The first-order valence-electron chi connectivity index (χ1n) is 7.40. The molecule has 1 aliphatic carbocycles. The largest absolute Gasteiger partial charge is 0.310 e. The van der Waals surface area contributed by atoms with Gasteiger partial charge in [-0.15, -0.1) is 0 Å². The average Bonchev–Trinajstić information content (AvgIpc) is 2.68. The quantitative estimate of drug-likeness (QED) is 0.787. The molecule has 1 N–H and O–H groups in total. The van der Waals surface area contributed by atoms with Crippen LogP contribution in [0.5, 0.6) is 0 Å². The Hall–Kier alpha value is -0.960. The summed E-state index contributed by atoms with van der Waals surface area (Å²) in [6.07, 6.45) is 7.14. The summed E-state index contributed by atoms with van der Waals surface area (Å²) in [4.78, 5) is 0. The Morgan fingerprint density at radius 1 is 1.16 bits per heavy atom. The van der Waals surface area contributed by atoms with Crippen molar-refractivity contribution in [3.8, 4) is 0 Å². The molecule has 1 unspecified atom stereocenters. The molecular weight excluding hydrogens is 244 g/mol. The molecule has 0 spiro atoms. The SMILES string of the molecule is CCNC(c1cc(F)ccc1F)C1CCCCCC1. The van der Waals surface area contributed by atoms with Crippen LogP contribution in [0.4, 0.5) is 8.78 Å². The minimum absolute atomic E-state index is 0.0567. The lowest BCUT2D eigenvalue weighted by atomic mass is 9.87. The highest BCUT2D eigenvalue weighted by atomic mass is 19.1. The summed E-state index contributed by atoms with van der Waals surface area (Å²) >= 11 is 0. The van der Waals surface area contributed by atoms with E-state index in [2.05, 4.69) is 5.32 Å². The molecule has 1 atom stereocenters. The fourth-order valence-electron chi connectivity index (χ4n) is 3.15. The van der Waals surface area contributed by atoms with Gasteiger partial charge in [-0.25, -0.2) is 8.78 Å². The van der Waals surface area contributed by atoms with Gasteiger partial charge in [-0.05, 0) is 43.5 Å². The van der Waals surface area contributed by atoms with E-state index in [9.17, 15) is 8.78 Å². The zero-order chi connectivity index (χ0) is 13.7. The van der Waals surface area contributed by atoms with Gasteiger partial charge < -0.3 is 5.32 Å². The maximum Gasteiger partial charge on any atom is 0.128 e.